The highest BCUT2D eigenvalue weighted by atomic mass is 32.2. The number of benzene rings is 2. The average molecular weight is 502 g/mol. The molecule has 0 atom stereocenters. The van der Waals surface area contributed by atoms with Crippen molar-refractivity contribution in [2.45, 2.75) is 43.3 Å². The van der Waals surface area contributed by atoms with Crippen molar-refractivity contribution in [2.75, 3.05) is 38.5 Å². The predicted octanol–water partition coefficient (Wildman–Crippen LogP) is 5.40. The summed E-state index contributed by atoms with van der Waals surface area (Å²) in [6.07, 6.45) is 10.5. The number of rotatable bonds is 8. The zero-order chi connectivity index (χ0) is 24.6. The summed E-state index contributed by atoms with van der Waals surface area (Å²) in [4.78, 5) is 17.5. The summed E-state index contributed by atoms with van der Waals surface area (Å²) in [7, 11) is 0. The summed E-state index contributed by atoms with van der Waals surface area (Å²) in [6, 6.07) is 21.1. The van der Waals surface area contributed by atoms with Crippen molar-refractivity contribution in [3.05, 3.63) is 72.3 Å². The topological polar surface area (TPSA) is 54.3 Å². The van der Waals surface area contributed by atoms with Crippen LogP contribution in [-0.4, -0.2) is 68.9 Å². The summed E-state index contributed by atoms with van der Waals surface area (Å²) in [5.41, 5.74) is 2.31. The number of aromatic nitrogens is 3. The SMILES string of the molecule is O=C(CSc1nnc(-c2ccccc2)n1C1CCCCC1)N1CCN(CC=Cc2ccccc2)CC1. The smallest absolute Gasteiger partial charge is 0.233 e. The highest BCUT2D eigenvalue weighted by Crippen LogP contribution is 2.35. The lowest BCUT2D eigenvalue weighted by atomic mass is 9.95. The number of nitrogens with zero attached hydrogens (tertiary/aromatic N) is 5. The van der Waals surface area contributed by atoms with E-state index in [9.17, 15) is 4.79 Å². The van der Waals surface area contributed by atoms with E-state index in [0.717, 1.165) is 62.1 Å². The number of piperazine rings is 1. The molecule has 2 heterocycles. The standard InChI is InChI=1S/C29H35N5OS/c35-27(33-21-19-32(20-22-33)18-10-13-24-11-4-1-5-12-24)23-36-29-31-30-28(25-14-6-2-7-15-25)34(29)26-16-8-3-9-17-26/h1-2,4-7,10-15,26H,3,8-9,16-23H2. The van der Waals surface area contributed by atoms with Crippen LogP contribution in [0.4, 0.5) is 0 Å². The van der Waals surface area contributed by atoms with Crippen LogP contribution in [0.3, 0.4) is 0 Å². The maximum atomic E-state index is 13.1. The van der Waals surface area contributed by atoms with Crippen molar-refractivity contribution < 1.29 is 4.79 Å². The molecular weight excluding hydrogens is 466 g/mol. The fraction of sp³-hybridized carbons (Fsp3) is 0.414. The predicted molar refractivity (Wildman–Crippen MR) is 147 cm³/mol. The lowest BCUT2D eigenvalue weighted by Gasteiger charge is -2.34. The van der Waals surface area contributed by atoms with E-state index in [1.54, 1.807) is 11.8 Å². The van der Waals surface area contributed by atoms with E-state index < -0.39 is 0 Å². The van der Waals surface area contributed by atoms with Crippen LogP contribution in [0.1, 0.15) is 43.7 Å². The summed E-state index contributed by atoms with van der Waals surface area (Å²) in [6.45, 7) is 4.29. The monoisotopic (exact) mass is 501 g/mol. The first kappa shape index (κ1) is 24.8. The van der Waals surface area contributed by atoms with Gasteiger partial charge in [0.25, 0.3) is 0 Å². The third-order valence-corrected chi connectivity index (χ3v) is 8.09. The molecule has 0 spiro atoms. The molecule has 1 amide bonds. The van der Waals surface area contributed by atoms with Crippen LogP contribution in [0.15, 0.2) is 71.9 Å². The molecule has 6 nitrogen and oxygen atoms in total. The van der Waals surface area contributed by atoms with Gasteiger partial charge in [0.1, 0.15) is 0 Å². The van der Waals surface area contributed by atoms with Crippen LogP contribution in [0.2, 0.25) is 0 Å². The van der Waals surface area contributed by atoms with E-state index in [0.29, 0.717) is 11.8 Å². The Bertz CT molecular complexity index is 1130. The highest BCUT2D eigenvalue weighted by Gasteiger charge is 2.26. The Morgan fingerprint density at radius 2 is 1.58 bits per heavy atom. The molecule has 36 heavy (non-hydrogen) atoms. The first-order valence-corrected chi connectivity index (χ1v) is 14.1. The van der Waals surface area contributed by atoms with Crippen LogP contribution in [0, 0.1) is 0 Å². The minimum Gasteiger partial charge on any atom is -0.339 e. The number of hydrogen-bond donors (Lipinski definition) is 0. The highest BCUT2D eigenvalue weighted by molar-refractivity contribution is 7.99. The van der Waals surface area contributed by atoms with E-state index in [4.69, 9.17) is 0 Å². The third kappa shape index (κ3) is 6.26. The molecule has 1 saturated carbocycles. The molecule has 0 unspecified atom stereocenters. The maximum absolute atomic E-state index is 13.1. The van der Waals surface area contributed by atoms with Crippen LogP contribution in [-0.2, 0) is 4.79 Å². The Morgan fingerprint density at radius 1 is 0.889 bits per heavy atom. The van der Waals surface area contributed by atoms with Gasteiger partial charge in [-0.2, -0.15) is 0 Å². The van der Waals surface area contributed by atoms with Crippen LogP contribution in [0.5, 0.6) is 0 Å². The quantitative estimate of drug-likeness (QED) is 0.387. The van der Waals surface area contributed by atoms with Gasteiger partial charge >= 0.3 is 0 Å². The normalized spacial score (nSPS) is 17.6. The first-order valence-electron chi connectivity index (χ1n) is 13.1. The molecule has 0 radical (unpaired) electrons. The Kier molecular flexibility index (Phi) is 8.51. The molecule has 188 valence electrons. The van der Waals surface area contributed by atoms with Gasteiger partial charge < -0.3 is 4.90 Å². The summed E-state index contributed by atoms with van der Waals surface area (Å²) in [5.74, 6) is 1.53. The van der Waals surface area contributed by atoms with Crippen LogP contribution in [0.25, 0.3) is 17.5 Å². The Morgan fingerprint density at radius 3 is 2.31 bits per heavy atom. The van der Waals surface area contributed by atoms with Gasteiger partial charge in [-0.3, -0.25) is 14.3 Å². The van der Waals surface area contributed by atoms with Crippen molar-refractivity contribution >= 4 is 23.7 Å². The van der Waals surface area contributed by atoms with Gasteiger partial charge in [-0.05, 0) is 18.4 Å². The molecule has 0 N–H and O–H groups in total. The lowest BCUT2D eigenvalue weighted by Crippen LogP contribution is -2.49. The average Bonchev–Trinajstić information content (AvgIpc) is 3.38. The fourth-order valence-electron chi connectivity index (χ4n) is 5.13. The number of carbonyl (C=O) groups is 1. The minimum atomic E-state index is 0.193. The maximum Gasteiger partial charge on any atom is 0.233 e. The van der Waals surface area contributed by atoms with E-state index >= 15 is 0 Å². The molecule has 1 aliphatic carbocycles. The fourth-order valence-corrected chi connectivity index (χ4v) is 6.04. The van der Waals surface area contributed by atoms with Gasteiger partial charge in [0.2, 0.25) is 5.91 Å². The van der Waals surface area contributed by atoms with Gasteiger partial charge in [0.15, 0.2) is 11.0 Å². The molecule has 1 saturated heterocycles. The molecule has 0 bridgehead atoms. The molecule has 1 aliphatic heterocycles. The van der Waals surface area contributed by atoms with Gasteiger partial charge in [0, 0.05) is 44.3 Å². The van der Waals surface area contributed by atoms with Crippen molar-refractivity contribution in [1.82, 2.24) is 24.6 Å². The molecule has 1 aromatic heterocycles. The second-order valence-corrected chi connectivity index (χ2v) is 10.6. The third-order valence-electron chi connectivity index (χ3n) is 7.16. The Labute approximate surface area is 218 Å². The number of carbonyl (C=O) groups excluding carboxylic acids is 1. The van der Waals surface area contributed by atoms with E-state index in [1.807, 2.05) is 29.2 Å². The number of thioether (sulfide) groups is 1. The van der Waals surface area contributed by atoms with Crippen LogP contribution >= 0.6 is 11.8 Å². The summed E-state index contributed by atoms with van der Waals surface area (Å²) in [5, 5.41) is 9.99. The molecule has 2 aliphatic rings. The summed E-state index contributed by atoms with van der Waals surface area (Å²) >= 11 is 1.54. The molecule has 5 rings (SSSR count). The Balaban J connectivity index is 1.16. The molecular formula is C29H35N5OS. The van der Waals surface area contributed by atoms with Gasteiger partial charge in [0.05, 0.1) is 5.75 Å². The van der Waals surface area contributed by atoms with E-state index in [2.05, 4.69) is 68.2 Å². The largest absolute Gasteiger partial charge is 0.339 e. The van der Waals surface area contributed by atoms with Crippen molar-refractivity contribution in [3.8, 4) is 11.4 Å². The van der Waals surface area contributed by atoms with E-state index in [1.165, 1.54) is 24.8 Å². The second kappa shape index (κ2) is 12.4. The second-order valence-electron chi connectivity index (χ2n) is 9.62. The minimum absolute atomic E-state index is 0.193. The van der Waals surface area contributed by atoms with Crippen LogP contribution < -0.4 is 0 Å². The van der Waals surface area contributed by atoms with Gasteiger partial charge in [-0.15, -0.1) is 10.2 Å². The van der Waals surface area contributed by atoms with Gasteiger partial charge in [-0.25, -0.2) is 0 Å². The summed E-state index contributed by atoms with van der Waals surface area (Å²) < 4.78 is 2.31. The Hall–Kier alpha value is -2.90. The number of hydrogen-bond acceptors (Lipinski definition) is 5. The molecule has 7 heteroatoms. The molecule has 2 aromatic carbocycles. The first-order chi connectivity index (χ1) is 17.8. The lowest BCUT2D eigenvalue weighted by molar-refractivity contribution is -0.130. The van der Waals surface area contributed by atoms with E-state index in [-0.39, 0.29) is 5.91 Å². The van der Waals surface area contributed by atoms with Crippen molar-refractivity contribution in [2.24, 2.45) is 0 Å². The zero-order valence-electron chi connectivity index (χ0n) is 20.8. The molecule has 2 fully saturated rings. The zero-order valence-corrected chi connectivity index (χ0v) is 21.7. The number of amides is 1. The van der Waals surface area contributed by atoms with Gasteiger partial charge in [-0.1, -0.05) is 104 Å². The molecule has 3 aromatic rings. The van der Waals surface area contributed by atoms with Crippen molar-refractivity contribution in [3.63, 3.8) is 0 Å². The van der Waals surface area contributed by atoms with Crippen molar-refractivity contribution in [1.29, 1.82) is 0 Å².